The molecule has 1 fully saturated rings. The summed E-state index contributed by atoms with van der Waals surface area (Å²) < 4.78 is 0. The fourth-order valence-corrected chi connectivity index (χ4v) is 2.38. The Hall–Kier alpha value is -1.30. The van der Waals surface area contributed by atoms with Crippen LogP contribution in [0, 0.1) is 17.8 Å². The van der Waals surface area contributed by atoms with E-state index in [1.165, 1.54) is 31.5 Å². The molecule has 0 spiro atoms. The molecule has 0 saturated carbocycles. The first-order valence-electron chi connectivity index (χ1n) is 6.69. The summed E-state index contributed by atoms with van der Waals surface area (Å²) >= 11 is 0. The summed E-state index contributed by atoms with van der Waals surface area (Å²) in [4.78, 5) is 2.50. The van der Waals surface area contributed by atoms with Gasteiger partial charge in [0.05, 0.1) is 0 Å². The summed E-state index contributed by atoms with van der Waals surface area (Å²) in [6, 6.07) is 8.24. The topological polar surface area (TPSA) is 23.5 Å². The van der Waals surface area contributed by atoms with Crippen LogP contribution < -0.4 is 0 Å². The number of hydrogen-bond acceptors (Lipinski definition) is 2. The first kappa shape index (κ1) is 13.1. The molecule has 0 bridgehead atoms. The van der Waals surface area contributed by atoms with E-state index in [-0.39, 0.29) is 6.61 Å². The molecule has 96 valence electrons. The first-order chi connectivity index (χ1) is 8.79. The summed E-state index contributed by atoms with van der Waals surface area (Å²) in [6.07, 6.45) is 2.59. The third-order valence-electron chi connectivity index (χ3n) is 3.59. The normalized spacial score (nSPS) is 17.2. The number of likely N-dealkylation sites (tertiary alicyclic amines) is 1. The van der Waals surface area contributed by atoms with Crippen LogP contribution in [0.5, 0.6) is 0 Å². The SMILES string of the molecule is CC1CCN(Cc2ccccc2C#CCO)CC1. The van der Waals surface area contributed by atoms with Crippen LogP contribution in [0.2, 0.25) is 0 Å². The molecule has 0 radical (unpaired) electrons. The minimum Gasteiger partial charge on any atom is -0.384 e. The summed E-state index contributed by atoms with van der Waals surface area (Å²) in [5.74, 6) is 6.64. The highest BCUT2D eigenvalue weighted by Crippen LogP contribution is 2.19. The lowest BCUT2D eigenvalue weighted by Crippen LogP contribution is -2.32. The van der Waals surface area contributed by atoms with Crippen molar-refractivity contribution in [2.45, 2.75) is 26.3 Å². The van der Waals surface area contributed by atoms with Crippen molar-refractivity contribution >= 4 is 0 Å². The Bertz CT molecular complexity index is 436. The van der Waals surface area contributed by atoms with Crippen LogP contribution >= 0.6 is 0 Å². The lowest BCUT2D eigenvalue weighted by atomic mass is 9.98. The van der Waals surface area contributed by atoms with Gasteiger partial charge in [-0.2, -0.15) is 0 Å². The fourth-order valence-electron chi connectivity index (χ4n) is 2.38. The summed E-state index contributed by atoms with van der Waals surface area (Å²) in [5, 5.41) is 8.79. The molecule has 1 N–H and O–H groups in total. The van der Waals surface area contributed by atoms with Crippen LogP contribution in [0.1, 0.15) is 30.9 Å². The predicted molar refractivity (Wildman–Crippen MR) is 74.1 cm³/mol. The maximum Gasteiger partial charge on any atom is 0.104 e. The van der Waals surface area contributed by atoms with Crippen LogP contribution in [0.4, 0.5) is 0 Å². The van der Waals surface area contributed by atoms with Crippen LogP contribution in [-0.2, 0) is 6.54 Å². The minimum absolute atomic E-state index is 0.0738. The van der Waals surface area contributed by atoms with Crippen molar-refractivity contribution < 1.29 is 5.11 Å². The molecular weight excluding hydrogens is 222 g/mol. The molecule has 1 aliphatic rings. The second kappa shape index (κ2) is 6.58. The Morgan fingerprint density at radius 1 is 1.28 bits per heavy atom. The van der Waals surface area contributed by atoms with E-state index in [1.807, 2.05) is 12.1 Å². The van der Waals surface area contributed by atoms with Gasteiger partial charge in [0, 0.05) is 12.1 Å². The van der Waals surface area contributed by atoms with Crippen LogP contribution in [0.25, 0.3) is 0 Å². The highest BCUT2D eigenvalue weighted by atomic mass is 16.2. The fraction of sp³-hybridized carbons (Fsp3) is 0.500. The quantitative estimate of drug-likeness (QED) is 0.805. The Kier molecular flexibility index (Phi) is 4.81. The van der Waals surface area contributed by atoms with Gasteiger partial charge in [-0.3, -0.25) is 4.90 Å². The van der Waals surface area contributed by atoms with Gasteiger partial charge in [0.15, 0.2) is 0 Å². The molecule has 1 aliphatic heterocycles. The van der Waals surface area contributed by atoms with Gasteiger partial charge in [-0.15, -0.1) is 0 Å². The molecule has 0 amide bonds. The summed E-state index contributed by atoms with van der Waals surface area (Å²) in [6.45, 7) is 5.60. The number of hydrogen-bond donors (Lipinski definition) is 1. The van der Waals surface area contributed by atoms with E-state index in [0.29, 0.717) is 0 Å². The van der Waals surface area contributed by atoms with Gasteiger partial charge < -0.3 is 5.11 Å². The van der Waals surface area contributed by atoms with Gasteiger partial charge in [-0.05, 0) is 43.5 Å². The van der Waals surface area contributed by atoms with Gasteiger partial charge in [0.2, 0.25) is 0 Å². The molecule has 1 aromatic rings. The lowest BCUT2D eigenvalue weighted by molar-refractivity contribution is 0.185. The van der Waals surface area contributed by atoms with E-state index < -0.39 is 0 Å². The average Bonchev–Trinajstić information content (AvgIpc) is 2.40. The van der Waals surface area contributed by atoms with E-state index in [9.17, 15) is 0 Å². The maximum atomic E-state index is 8.79. The van der Waals surface area contributed by atoms with Crippen molar-refractivity contribution in [3.63, 3.8) is 0 Å². The molecule has 18 heavy (non-hydrogen) atoms. The predicted octanol–water partition coefficient (Wildman–Crippen LogP) is 2.26. The third-order valence-corrected chi connectivity index (χ3v) is 3.59. The summed E-state index contributed by atoms with van der Waals surface area (Å²) in [7, 11) is 0. The largest absolute Gasteiger partial charge is 0.384 e. The number of piperidine rings is 1. The van der Waals surface area contributed by atoms with Crippen LogP contribution in [0.3, 0.4) is 0 Å². The molecule has 0 atom stereocenters. The molecule has 2 heteroatoms. The number of nitrogens with zero attached hydrogens (tertiary/aromatic N) is 1. The van der Waals surface area contributed by atoms with Gasteiger partial charge in [-0.1, -0.05) is 37.0 Å². The van der Waals surface area contributed by atoms with E-state index in [4.69, 9.17) is 5.11 Å². The molecule has 2 rings (SSSR count). The number of rotatable bonds is 2. The van der Waals surface area contributed by atoms with Crippen molar-refractivity contribution in [3.8, 4) is 11.8 Å². The van der Waals surface area contributed by atoms with Crippen molar-refractivity contribution in [3.05, 3.63) is 35.4 Å². The molecule has 0 unspecified atom stereocenters. The van der Waals surface area contributed by atoms with Gasteiger partial charge in [0.25, 0.3) is 0 Å². The van der Waals surface area contributed by atoms with Gasteiger partial charge in [0.1, 0.15) is 6.61 Å². The van der Waals surface area contributed by atoms with Crippen molar-refractivity contribution in [2.75, 3.05) is 19.7 Å². The van der Waals surface area contributed by atoms with E-state index in [2.05, 4.69) is 35.8 Å². The molecule has 1 saturated heterocycles. The zero-order chi connectivity index (χ0) is 12.8. The minimum atomic E-state index is -0.0738. The smallest absolute Gasteiger partial charge is 0.104 e. The van der Waals surface area contributed by atoms with Gasteiger partial charge >= 0.3 is 0 Å². The zero-order valence-electron chi connectivity index (χ0n) is 11.0. The monoisotopic (exact) mass is 243 g/mol. The Labute approximate surface area is 110 Å². The second-order valence-electron chi connectivity index (χ2n) is 5.08. The van der Waals surface area contributed by atoms with Crippen LogP contribution in [0.15, 0.2) is 24.3 Å². The molecule has 1 aromatic carbocycles. The molecule has 0 aromatic heterocycles. The molecular formula is C16H21NO. The number of aliphatic hydroxyl groups excluding tert-OH is 1. The summed E-state index contributed by atoms with van der Waals surface area (Å²) in [5.41, 5.74) is 2.32. The van der Waals surface area contributed by atoms with Crippen LogP contribution in [-0.4, -0.2) is 29.7 Å². The van der Waals surface area contributed by atoms with E-state index in [0.717, 1.165) is 18.0 Å². The number of aliphatic hydroxyl groups is 1. The number of benzene rings is 1. The van der Waals surface area contributed by atoms with Crippen molar-refractivity contribution in [1.82, 2.24) is 4.90 Å². The highest BCUT2D eigenvalue weighted by molar-refractivity contribution is 5.41. The average molecular weight is 243 g/mol. The standard InChI is InChI=1S/C16H21NO/c1-14-8-10-17(11-9-14)13-16-6-3-2-5-15(16)7-4-12-18/h2-3,5-6,14,18H,8-13H2,1H3. The molecule has 1 heterocycles. The Morgan fingerprint density at radius 2 is 2.00 bits per heavy atom. The van der Waals surface area contributed by atoms with Crippen molar-refractivity contribution in [1.29, 1.82) is 0 Å². The van der Waals surface area contributed by atoms with Crippen molar-refractivity contribution in [2.24, 2.45) is 5.92 Å². The zero-order valence-corrected chi connectivity index (χ0v) is 11.0. The van der Waals surface area contributed by atoms with E-state index >= 15 is 0 Å². The molecule has 2 nitrogen and oxygen atoms in total. The second-order valence-corrected chi connectivity index (χ2v) is 5.08. The highest BCUT2D eigenvalue weighted by Gasteiger charge is 2.16. The lowest BCUT2D eigenvalue weighted by Gasteiger charge is -2.30. The maximum absolute atomic E-state index is 8.79. The Morgan fingerprint density at radius 3 is 2.72 bits per heavy atom. The third kappa shape index (κ3) is 3.60. The Balaban J connectivity index is 2.04. The molecule has 0 aliphatic carbocycles. The van der Waals surface area contributed by atoms with Gasteiger partial charge in [-0.25, -0.2) is 0 Å². The first-order valence-corrected chi connectivity index (χ1v) is 6.69. The van der Waals surface area contributed by atoms with E-state index in [1.54, 1.807) is 0 Å².